The number of nitrogens with zero attached hydrogens (tertiary/aromatic N) is 2. The van der Waals surface area contributed by atoms with E-state index in [2.05, 4.69) is 10.3 Å². The van der Waals surface area contributed by atoms with Crippen LogP contribution >= 0.6 is 11.3 Å². The second kappa shape index (κ2) is 9.85. The Labute approximate surface area is 204 Å². The minimum atomic E-state index is -3.65. The summed E-state index contributed by atoms with van der Waals surface area (Å²) in [4.78, 5) is 18.6. The van der Waals surface area contributed by atoms with Gasteiger partial charge in [0.1, 0.15) is 12.4 Å². The normalized spacial score (nSPS) is 13.0. The third-order valence-corrected chi connectivity index (χ3v) is 8.10. The Kier molecular flexibility index (Phi) is 7.06. The van der Waals surface area contributed by atoms with E-state index in [1.165, 1.54) is 39.9 Å². The summed E-state index contributed by atoms with van der Waals surface area (Å²) in [7, 11) is -3.65. The van der Waals surface area contributed by atoms with E-state index in [0.29, 0.717) is 30.4 Å². The first-order chi connectivity index (χ1) is 16.1. The van der Waals surface area contributed by atoms with Crippen molar-refractivity contribution in [3.63, 3.8) is 0 Å². The molecule has 2 heterocycles. The highest BCUT2D eigenvalue weighted by Gasteiger charge is 2.26. The molecule has 7 nitrogen and oxygen atoms in total. The molecule has 0 atom stereocenters. The van der Waals surface area contributed by atoms with E-state index in [4.69, 9.17) is 4.74 Å². The lowest BCUT2D eigenvalue weighted by Gasteiger charge is -2.25. The lowest BCUT2D eigenvalue weighted by molar-refractivity contribution is 0.102. The van der Waals surface area contributed by atoms with Crippen LogP contribution in [-0.2, 0) is 16.6 Å². The summed E-state index contributed by atoms with van der Waals surface area (Å²) in [6, 6.07) is 13.7. The zero-order valence-corrected chi connectivity index (χ0v) is 21.4. The molecule has 1 aliphatic heterocycles. The molecule has 180 valence electrons. The molecule has 1 aliphatic rings. The monoisotopic (exact) mass is 499 g/mol. The second-order valence-electron chi connectivity index (χ2n) is 9.16. The molecule has 2 aromatic carbocycles. The molecule has 4 rings (SSSR count). The third-order valence-electron chi connectivity index (χ3n) is 5.31. The zero-order chi connectivity index (χ0) is 24.5. The topological polar surface area (TPSA) is 88.6 Å². The molecule has 3 aromatic rings. The Bertz CT molecular complexity index is 1270. The Hall–Kier alpha value is -2.75. The summed E-state index contributed by atoms with van der Waals surface area (Å²) < 4.78 is 33.7. The maximum absolute atomic E-state index is 13.2. The van der Waals surface area contributed by atoms with Crippen LogP contribution in [0.4, 0.5) is 5.13 Å². The van der Waals surface area contributed by atoms with Crippen molar-refractivity contribution < 1.29 is 17.9 Å². The molecule has 0 fully saturated rings. The standard InChI is InChI=1S/C25H29N3O4S2/c1-16(2)13-28(14-17(3)4)34(30,31)19-11-9-18(10-12-19)24(29)27-25-26-23-20-7-5-6-8-21(20)32-15-22(23)33-25/h5-12,16-17H,13-15H2,1-4H3,(H,26,27,29). The molecular formula is C25H29N3O4S2. The second-order valence-corrected chi connectivity index (χ2v) is 12.2. The number of anilines is 1. The van der Waals surface area contributed by atoms with Crippen LogP contribution < -0.4 is 10.1 Å². The first-order valence-corrected chi connectivity index (χ1v) is 13.5. The molecule has 0 radical (unpaired) electrons. The number of amides is 1. The fourth-order valence-electron chi connectivity index (χ4n) is 3.83. The first kappa shape index (κ1) is 24.4. The Morgan fingerprint density at radius 3 is 2.35 bits per heavy atom. The Balaban J connectivity index is 1.50. The number of sulfonamides is 1. The molecule has 0 saturated carbocycles. The molecular weight excluding hydrogens is 470 g/mol. The van der Waals surface area contributed by atoms with Crippen molar-refractivity contribution in [2.75, 3.05) is 18.4 Å². The summed E-state index contributed by atoms with van der Waals surface area (Å²) in [5, 5.41) is 3.31. The number of carbonyl (C=O) groups excluding carboxylic acids is 1. The predicted octanol–water partition coefficient (Wildman–Crippen LogP) is 5.26. The van der Waals surface area contributed by atoms with Gasteiger partial charge in [-0.3, -0.25) is 10.1 Å². The zero-order valence-electron chi connectivity index (χ0n) is 19.7. The highest BCUT2D eigenvalue weighted by Crippen LogP contribution is 2.40. The lowest BCUT2D eigenvalue weighted by Crippen LogP contribution is -2.37. The third kappa shape index (κ3) is 5.16. The molecule has 9 heteroatoms. The van der Waals surface area contributed by atoms with Crippen molar-refractivity contribution >= 4 is 32.4 Å². The van der Waals surface area contributed by atoms with Gasteiger partial charge >= 0.3 is 0 Å². The number of para-hydroxylation sites is 1. The van der Waals surface area contributed by atoms with Gasteiger partial charge in [-0.2, -0.15) is 4.31 Å². The first-order valence-electron chi connectivity index (χ1n) is 11.3. The van der Waals surface area contributed by atoms with Crippen molar-refractivity contribution in [2.45, 2.75) is 39.2 Å². The number of fused-ring (bicyclic) bond motifs is 3. The minimum Gasteiger partial charge on any atom is -0.487 e. The van der Waals surface area contributed by atoms with Crippen molar-refractivity contribution in [1.82, 2.24) is 9.29 Å². The number of aromatic nitrogens is 1. The fourth-order valence-corrected chi connectivity index (χ4v) is 6.48. The van der Waals surface area contributed by atoms with Crippen LogP contribution in [0.15, 0.2) is 53.4 Å². The van der Waals surface area contributed by atoms with Crippen LogP contribution in [0.3, 0.4) is 0 Å². The van der Waals surface area contributed by atoms with Crippen molar-refractivity contribution in [1.29, 1.82) is 0 Å². The van der Waals surface area contributed by atoms with Gasteiger partial charge in [0.2, 0.25) is 10.0 Å². The van der Waals surface area contributed by atoms with Gasteiger partial charge in [-0.05, 0) is 48.2 Å². The molecule has 0 bridgehead atoms. The van der Waals surface area contributed by atoms with E-state index in [0.717, 1.165) is 21.9 Å². The summed E-state index contributed by atoms with van der Waals surface area (Å²) >= 11 is 1.37. The van der Waals surface area contributed by atoms with Gasteiger partial charge in [-0.1, -0.05) is 51.2 Å². The van der Waals surface area contributed by atoms with Gasteiger partial charge in [-0.15, -0.1) is 0 Å². The maximum Gasteiger partial charge on any atom is 0.257 e. The van der Waals surface area contributed by atoms with Crippen molar-refractivity contribution in [3.05, 3.63) is 59.0 Å². The number of hydrogen-bond acceptors (Lipinski definition) is 6. The van der Waals surface area contributed by atoms with E-state index in [1.54, 1.807) is 0 Å². The van der Waals surface area contributed by atoms with Crippen LogP contribution in [0.25, 0.3) is 11.3 Å². The van der Waals surface area contributed by atoms with E-state index in [9.17, 15) is 13.2 Å². The lowest BCUT2D eigenvalue weighted by atomic mass is 10.1. The van der Waals surface area contributed by atoms with Crippen LogP contribution in [0, 0.1) is 11.8 Å². The highest BCUT2D eigenvalue weighted by atomic mass is 32.2. The molecule has 0 saturated heterocycles. The van der Waals surface area contributed by atoms with E-state index >= 15 is 0 Å². The largest absolute Gasteiger partial charge is 0.487 e. The highest BCUT2D eigenvalue weighted by molar-refractivity contribution is 7.89. The van der Waals surface area contributed by atoms with E-state index in [-0.39, 0.29) is 22.6 Å². The van der Waals surface area contributed by atoms with Crippen LogP contribution in [0.2, 0.25) is 0 Å². The van der Waals surface area contributed by atoms with Crippen LogP contribution in [0.1, 0.15) is 42.9 Å². The summed E-state index contributed by atoms with van der Waals surface area (Å²) in [6.45, 7) is 9.30. The number of rotatable bonds is 8. The van der Waals surface area contributed by atoms with Crippen LogP contribution in [0.5, 0.6) is 5.75 Å². The smallest absolute Gasteiger partial charge is 0.257 e. The molecule has 1 aromatic heterocycles. The van der Waals surface area contributed by atoms with Crippen molar-refractivity contribution in [3.8, 4) is 17.0 Å². The summed E-state index contributed by atoms with van der Waals surface area (Å²) in [5.41, 5.74) is 2.09. The summed E-state index contributed by atoms with van der Waals surface area (Å²) in [5.74, 6) is 0.851. The van der Waals surface area contributed by atoms with Gasteiger partial charge in [0.25, 0.3) is 5.91 Å². The van der Waals surface area contributed by atoms with Crippen molar-refractivity contribution in [2.24, 2.45) is 11.8 Å². The van der Waals surface area contributed by atoms with Gasteiger partial charge in [0.05, 0.1) is 15.5 Å². The number of ether oxygens (including phenoxy) is 1. The van der Waals surface area contributed by atoms with Gasteiger partial charge in [-0.25, -0.2) is 13.4 Å². The van der Waals surface area contributed by atoms with Gasteiger partial charge in [0.15, 0.2) is 5.13 Å². The average molecular weight is 500 g/mol. The molecule has 1 N–H and O–H groups in total. The average Bonchev–Trinajstić information content (AvgIpc) is 3.21. The number of nitrogens with one attached hydrogen (secondary N) is 1. The number of benzene rings is 2. The van der Waals surface area contributed by atoms with E-state index in [1.807, 2.05) is 52.0 Å². The minimum absolute atomic E-state index is 0.184. The molecule has 0 spiro atoms. The number of hydrogen-bond donors (Lipinski definition) is 1. The van der Waals surface area contributed by atoms with Gasteiger partial charge < -0.3 is 4.74 Å². The maximum atomic E-state index is 13.2. The van der Waals surface area contributed by atoms with E-state index < -0.39 is 10.0 Å². The SMILES string of the molecule is CC(C)CN(CC(C)C)S(=O)(=O)c1ccc(C(=O)Nc2nc3c(s2)COc2ccccc2-3)cc1. The predicted molar refractivity (Wildman–Crippen MR) is 135 cm³/mol. The molecule has 34 heavy (non-hydrogen) atoms. The van der Waals surface area contributed by atoms with Gasteiger partial charge in [0, 0.05) is 24.2 Å². The van der Waals surface area contributed by atoms with Crippen LogP contribution in [-0.4, -0.2) is 36.7 Å². The number of carbonyl (C=O) groups is 1. The fraction of sp³-hybridized carbons (Fsp3) is 0.360. The Morgan fingerprint density at radius 1 is 1.06 bits per heavy atom. The number of thiazole rings is 1. The summed E-state index contributed by atoms with van der Waals surface area (Å²) in [6.07, 6.45) is 0. The molecule has 1 amide bonds. The quantitative estimate of drug-likeness (QED) is 0.457. The Morgan fingerprint density at radius 2 is 1.71 bits per heavy atom. The molecule has 0 aliphatic carbocycles. The molecule has 0 unspecified atom stereocenters.